The summed E-state index contributed by atoms with van der Waals surface area (Å²) < 4.78 is 17.1. The lowest BCUT2D eigenvalue weighted by atomic mass is 10.0. The maximum absolute atomic E-state index is 12.9. The van der Waals surface area contributed by atoms with Crippen molar-refractivity contribution in [3.63, 3.8) is 0 Å². The fourth-order valence-corrected chi connectivity index (χ4v) is 3.65. The number of benzene rings is 1. The molecule has 148 valence electrons. The molecule has 0 saturated carbocycles. The first-order valence-corrected chi connectivity index (χ1v) is 9.70. The molecule has 4 rings (SSSR count). The Hall–Kier alpha value is -2.64. The Morgan fingerprint density at radius 3 is 2.71 bits per heavy atom. The zero-order chi connectivity index (χ0) is 19.4. The van der Waals surface area contributed by atoms with Crippen molar-refractivity contribution in [2.24, 2.45) is 0 Å². The van der Waals surface area contributed by atoms with Gasteiger partial charge in [0.2, 0.25) is 0 Å². The van der Waals surface area contributed by atoms with E-state index in [9.17, 15) is 4.79 Å². The van der Waals surface area contributed by atoms with Crippen LogP contribution in [0.1, 0.15) is 30.1 Å². The number of carbonyl (C=O) groups is 1. The number of carbonyl (C=O) groups excluding carboxylic acids is 1. The molecule has 1 aromatic carbocycles. The number of likely N-dealkylation sites (tertiary alicyclic amines) is 1. The van der Waals surface area contributed by atoms with Crippen molar-refractivity contribution in [1.29, 1.82) is 0 Å². The summed E-state index contributed by atoms with van der Waals surface area (Å²) in [5.41, 5.74) is 2.14. The molecule has 0 aliphatic carbocycles. The lowest BCUT2D eigenvalue weighted by Gasteiger charge is -2.37. The number of rotatable bonds is 5. The van der Waals surface area contributed by atoms with E-state index in [1.807, 2.05) is 42.2 Å². The minimum absolute atomic E-state index is 0.0258. The number of pyridine rings is 1. The van der Waals surface area contributed by atoms with Crippen LogP contribution in [0, 0.1) is 0 Å². The molecular formula is C21H25N3O4. The average molecular weight is 383 g/mol. The van der Waals surface area contributed by atoms with E-state index in [-0.39, 0.29) is 5.91 Å². The Kier molecular flexibility index (Phi) is 5.45. The van der Waals surface area contributed by atoms with Gasteiger partial charge in [-0.2, -0.15) is 0 Å². The molecule has 1 spiro atoms. The highest BCUT2D eigenvalue weighted by molar-refractivity contribution is 5.95. The molecule has 28 heavy (non-hydrogen) atoms. The normalized spacial score (nSPS) is 18.2. The third kappa shape index (κ3) is 3.95. The lowest BCUT2D eigenvalue weighted by molar-refractivity contribution is -0.181. The molecule has 1 amide bonds. The minimum atomic E-state index is -0.485. The first-order chi connectivity index (χ1) is 13.7. The minimum Gasteiger partial charge on any atom is -0.492 e. The highest BCUT2D eigenvalue weighted by atomic mass is 16.7. The summed E-state index contributed by atoms with van der Waals surface area (Å²) in [6.45, 7) is 5.03. The van der Waals surface area contributed by atoms with Gasteiger partial charge in [-0.05, 0) is 25.1 Å². The molecule has 2 aliphatic rings. The number of nitrogens with one attached hydrogen (secondary N) is 1. The van der Waals surface area contributed by atoms with E-state index in [2.05, 4.69) is 10.3 Å². The van der Waals surface area contributed by atoms with Crippen molar-refractivity contribution in [3.8, 4) is 5.75 Å². The number of piperidine rings is 1. The summed E-state index contributed by atoms with van der Waals surface area (Å²) in [5, 5.41) is 3.30. The van der Waals surface area contributed by atoms with Crippen LogP contribution in [0.2, 0.25) is 0 Å². The van der Waals surface area contributed by atoms with Crippen LogP contribution in [0.3, 0.4) is 0 Å². The van der Waals surface area contributed by atoms with E-state index in [0.717, 1.165) is 17.1 Å². The number of ether oxygens (including phenoxy) is 3. The van der Waals surface area contributed by atoms with E-state index in [0.29, 0.717) is 51.3 Å². The Labute approximate surface area is 164 Å². The maximum atomic E-state index is 12.9. The van der Waals surface area contributed by atoms with Crippen molar-refractivity contribution in [2.45, 2.75) is 25.6 Å². The number of amides is 1. The maximum Gasteiger partial charge on any atom is 0.255 e. The summed E-state index contributed by atoms with van der Waals surface area (Å²) >= 11 is 0. The van der Waals surface area contributed by atoms with Crippen LogP contribution in [-0.2, 0) is 9.47 Å². The van der Waals surface area contributed by atoms with Crippen LogP contribution in [0.25, 0.3) is 0 Å². The van der Waals surface area contributed by atoms with Gasteiger partial charge in [-0.25, -0.2) is 0 Å². The van der Waals surface area contributed by atoms with Gasteiger partial charge in [-0.3, -0.25) is 9.78 Å². The van der Waals surface area contributed by atoms with Crippen molar-refractivity contribution < 1.29 is 19.0 Å². The van der Waals surface area contributed by atoms with Gasteiger partial charge in [0.1, 0.15) is 5.75 Å². The van der Waals surface area contributed by atoms with Crippen molar-refractivity contribution in [3.05, 3.63) is 48.3 Å². The summed E-state index contributed by atoms with van der Waals surface area (Å²) in [7, 11) is 0. The molecule has 0 unspecified atom stereocenters. The zero-order valence-electron chi connectivity index (χ0n) is 16.0. The van der Waals surface area contributed by atoms with Crippen LogP contribution >= 0.6 is 0 Å². The van der Waals surface area contributed by atoms with Crippen LogP contribution in [-0.4, -0.2) is 54.5 Å². The van der Waals surface area contributed by atoms with Crippen molar-refractivity contribution in [1.82, 2.24) is 9.88 Å². The molecule has 2 aliphatic heterocycles. The van der Waals surface area contributed by atoms with Gasteiger partial charge in [0.05, 0.1) is 43.0 Å². The third-order valence-electron chi connectivity index (χ3n) is 5.08. The number of anilines is 2. The molecule has 2 aromatic rings. The van der Waals surface area contributed by atoms with Gasteiger partial charge < -0.3 is 24.4 Å². The molecular weight excluding hydrogens is 358 g/mol. The summed E-state index contributed by atoms with van der Waals surface area (Å²) in [6, 6.07) is 9.53. The second kappa shape index (κ2) is 8.16. The number of hydrogen-bond acceptors (Lipinski definition) is 6. The highest BCUT2D eigenvalue weighted by Gasteiger charge is 2.40. The molecule has 1 N–H and O–H groups in total. The van der Waals surface area contributed by atoms with E-state index in [1.54, 1.807) is 12.4 Å². The highest BCUT2D eigenvalue weighted by Crippen LogP contribution is 2.32. The van der Waals surface area contributed by atoms with Gasteiger partial charge in [0.25, 0.3) is 5.91 Å². The number of hydrogen-bond donors (Lipinski definition) is 1. The molecule has 1 aromatic heterocycles. The standard InChI is InChI=1S/C21H25N3O4/c1-2-26-19-6-4-3-5-18(19)23-17-13-16(14-22-15-17)20(25)24-9-7-21(8-10-24)27-11-12-28-21/h3-6,13-15,23H,2,7-12H2,1H3. The molecule has 0 bridgehead atoms. The summed E-state index contributed by atoms with van der Waals surface area (Å²) in [5.74, 6) is 0.253. The molecule has 7 nitrogen and oxygen atoms in total. The van der Waals surface area contributed by atoms with Crippen LogP contribution in [0.15, 0.2) is 42.7 Å². The van der Waals surface area contributed by atoms with Crippen molar-refractivity contribution >= 4 is 17.3 Å². The van der Waals surface area contributed by atoms with Crippen LogP contribution in [0.5, 0.6) is 5.75 Å². The Balaban J connectivity index is 1.44. The fourth-order valence-electron chi connectivity index (χ4n) is 3.65. The SMILES string of the molecule is CCOc1ccccc1Nc1cncc(C(=O)N2CCC3(CC2)OCCO3)c1. The molecule has 0 atom stereocenters. The topological polar surface area (TPSA) is 72.9 Å². The van der Waals surface area contributed by atoms with Gasteiger partial charge in [0, 0.05) is 32.1 Å². The molecule has 2 fully saturated rings. The smallest absolute Gasteiger partial charge is 0.255 e. The number of nitrogens with zero attached hydrogens (tertiary/aromatic N) is 2. The largest absolute Gasteiger partial charge is 0.492 e. The zero-order valence-corrected chi connectivity index (χ0v) is 16.0. The lowest BCUT2D eigenvalue weighted by Crippen LogP contribution is -2.47. The van der Waals surface area contributed by atoms with E-state index in [1.165, 1.54) is 0 Å². The first kappa shape index (κ1) is 18.7. The third-order valence-corrected chi connectivity index (χ3v) is 5.08. The number of para-hydroxylation sites is 2. The van der Waals surface area contributed by atoms with Crippen LogP contribution < -0.4 is 10.1 Å². The monoisotopic (exact) mass is 383 g/mol. The second-order valence-corrected chi connectivity index (χ2v) is 6.92. The predicted molar refractivity (Wildman–Crippen MR) is 105 cm³/mol. The summed E-state index contributed by atoms with van der Waals surface area (Å²) in [4.78, 5) is 19.0. The summed E-state index contributed by atoms with van der Waals surface area (Å²) in [6.07, 6.45) is 4.71. The van der Waals surface area contributed by atoms with Gasteiger partial charge in [-0.1, -0.05) is 12.1 Å². The Morgan fingerprint density at radius 1 is 1.21 bits per heavy atom. The Bertz CT molecular complexity index is 826. The molecule has 2 saturated heterocycles. The average Bonchev–Trinajstić information content (AvgIpc) is 3.18. The van der Waals surface area contributed by atoms with E-state index in [4.69, 9.17) is 14.2 Å². The fraction of sp³-hybridized carbons (Fsp3) is 0.429. The van der Waals surface area contributed by atoms with Gasteiger partial charge >= 0.3 is 0 Å². The van der Waals surface area contributed by atoms with Crippen molar-refractivity contribution in [2.75, 3.05) is 38.2 Å². The quantitative estimate of drug-likeness (QED) is 0.855. The molecule has 0 radical (unpaired) electrons. The molecule has 3 heterocycles. The molecule has 7 heteroatoms. The predicted octanol–water partition coefficient (Wildman–Crippen LogP) is 3.20. The Morgan fingerprint density at radius 2 is 1.96 bits per heavy atom. The van der Waals surface area contributed by atoms with Crippen LogP contribution in [0.4, 0.5) is 11.4 Å². The van der Waals surface area contributed by atoms with Gasteiger partial charge in [-0.15, -0.1) is 0 Å². The van der Waals surface area contributed by atoms with E-state index < -0.39 is 5.79 Å². The van der Waals surface area contributed by atoms with E-state index >= 15 is 0 Å². The first-order valence-electron chi connectivity index (χ1n) is 9.70. The number of aromatic nitrogens is 1. The van der Waals surface area contributed by atoms with Gasteiger partial charge in [0.15, 0.2) is 5.79 Å². The second-order valence-electron chi connectivity index (χ2n) is 6.92.